The van der Waals surface area contributed by atoms with Crippen LogP contribution >= 0.6 is 0 Å². The predicted octanol–water partition coefficient (Wildman–Crippen LogP) is 1.98. The number of nitrogens with one attached hydrogen (secondary N) is 2. The normalized spacial score (nSPS) is 11.3. The number of hydrogen-bond acceptors (Lipinski definition) is 5. The molecule has 0 atom stereocenters. The molecular formula is C22H32N4O4. The Kier molecular flexibility index (Phi) is 9.73. The molecule has 8 heteroatoms. The van der Waals surface area contributed by atoms with Crippen LogP contribution in [0.4, 0.5) is 0 Å². The number of guanidine groups is 1. The summed E-state index contributed by atoms with van der Waals surface area (Å²) in [4.78, 5) is 18.1. The molecule has 2 aromatic rings. The minimum Gasteiger partial charge on any atom is -0.491 e. The summed E-state index contributed by atoms with van der Waals surface area (Å²) in [5.41, 5.74) is 2.07. The third-order valence-corrected chi connectivity index (χ3v) is 4.33. The van der Waals surface area contributed by atoms with Crippen LogP contribution in [-0.2, 0) is 22.5 Å². The Bertz CT molecular complexity index is 803. The number of benzene rings is 1. The van der Waals surface area contributed by atoms with Crippen molar-refractivity contribution in [2.45, 2.75) is 19.9 Å². The topological polar surface area (TPSA) is 88.3 Å². The number of carbonyl (C=O) groups excluding carboxylic acids is 1. The van der Waals surface area contributed by atoms with Gasteiger partial charge in [0.05, 0.1) is 26.0 Å². The van der Waals surface area contributed by atoms with Crippen molar-refractivity contribution < 1.29 is 18.7 Å². The van der Waals surface area contributed by atoms with E-state index in [9.17, 15) is 4.79 Å². The van der Waals surface area contributed by atoms with Crippen LogP contribution < -0.4 is 15.4 Å². The van der Waals surface area contributed by atoms with E-state index in [1.54, 1.807) is 27.5 Å². The summed E-state index contributed by atoms with van der Waals surface area (Å²) < 4.78 is 16.3. The summed E-state index contributed by atoms with van der Waals surface area (Å²) in [6.45, 7) is 4.21. The predicted molar refractivity (Wildman–Crippen MR) is 117 cm³/mol. The molecule has 1 aromatic carbocycles. The van der Waals surface area contributed by atoms with Crippen LogP contribution in [0.5, 0.6) is 5.75 Å². The van der Waals surface area contributed by atoms with Gasteiger partial charge in [-0.3, -0.25) is 4.79 Å². The number of carbonyl (C=O) groups is 1. The van der Waals surface area contributed by atoms with Gasteiger partial charge in [-0.05, 0) is 30.7 Å². The molecule has 164 valence electrons. The van der Waals surface area contributed by atoms with Gasteiger partial charge in [-0.1, -0.05) is 12.1 Å². The molecule has 0 radical (unpaired) electrons. The second-order valence-corrected chi connectivity index (χ2v) is 7.02. The van der Waals surface area contributed by atoms with Gasteiger partial charge in [-0.25, -0.2) is 4.99 Å². The maximum atomic E-state index is 12.0. The Balaban J connectivity index is 2.04. The van der Waals surface area contributed by atoms with E-state index >= 15 is 0 Å². The van der Waals surface area contributed by atoms with Gasteiger partial charge in [0.15, 0.2) is 5.96 Å². The zero-order chi connectivity index (χ0) is 21.8. The van der Waals surface area contributed by atoms with Crippen LogP contribution in [0.3, 0.4) is 0 Å². The van der Waals surface area contributed by atoms with Crippen molar-refractivity contribution in [3.63, 3.8) is 0 Å². The highest BCUT2D eigenvalue weighted by molar-refractivity contribution is 5.86. The van der Waals surface area contributed by atoms with Crippen molar-refractivity contribution in [2.24, 2.45) is 4.99 Å². The minimum atomic E-state index is -0.0329. The van der Waals surface area contributed by atoms with Crippen LogP contribution in [0.25, 0.3) is 0 Å². The second kappa shape index (κ2) is 12.5. The fourth-order valence-electron chi connectivity index (χ4n) is 2.58. The number of ether oxygens (including phenoxy) is 2. The summed E-state index contributed by atoms with van der Waals surface area (Å²) in [7, 11) is 5.09. The second-order valence-electron chi connectivity index (χ2n) is 7.02. The zero-order valence-corrected chi connectivity index (χ0v) is 18.2. The number of methoxy groups -OCH3 is 1. The first kappa shape index (κ1) is 23.3. The van der Waals surface area contributed by atoms with Gasteiger partial charge in [0.25, 0.3) is 0 Å². The van der Waals surface area contributed by atoms with Crippen LogP contribution in [0, 0.1) is 6.92 Å². The molecule has 0 aliphatic carbocycles. The monoisotopic (exact) mass is 416 g/mol. The van der Waals surface area contributed by atoms with E-state index in [1.165, 1.54) is 4.90 Å². The third kappa shape index (κ3) is 8.16. The van der Waals surface area contributed by atoms with Gasteiger partial charge >= 0.3 is 0 Å². The molecule has 0 unspecified atom stereocenters. The van der Waals surface area contributed by atoms with Gasteiger partial charge in [-0.15, -0.1) is 0 Å². The average molecular weight is 417 g/mol. The number of amides is 1. The quantitative estimate of drug-likeness (QED) is 0.331. The van der Waals surface area contributed by atoms with Crippen molar-refractivity contribution >= 4 is 11.9 Å². The molecule has 0 saturated heterocycles. The molecule has 0 fully saturated rings. The zero-order valence-electron chi connectivity index (χ0n) is 18.2. The number of likely N-dealkylation sites (N-methyl/N-ethyl adjacent to an activating group) is 1. The fraction of sp³-hybridized carbons (Fsp3) is 0.455. The standard InChI is InChI=1S/C22H32N4O4/c1-17-7-8-18(20(14-17)30-13-12-28-4)15-24-22(25-16-21(27)26(2)3)23-10-9-19-6-5-11-29-19/h5-8,11,14H,9-10,12-13,15-16H2,1-4H3,(H2,23,24,25). The highest BCUT2D eigenvalue weighted by atomic mass is 16.5. The molecule has 1 amide bonds. The van der Waals surface area contributed by atoms with Gasteiger partial charge in [0.1, 0.15) is 18.1 Å². The van der Waals surface area contributed by atoms with Crippen LogP contribution in [0.1, 0.15) is 16.9 Å². The van der Waals surface area contributed by atoms with Crippen LogP contribution in [0.2, 0.25) is 0 Å². The van der Waals surface area contributed by atoms with Crippen molar-refractivity contribution in [3.8, 4) is 5.75 Å². The van der Waals surface area contributed by atoms with E-state index in [-0.39, 0.29) is 12.5 Å². The maximum Gasteiger partial charge on any atom is 0.241 e. The fourth-order valence-corrected chi connectivity index (χ4v) is 2.58. The summed E-state index contributed by atoms with van der Waals surface area (Å²) in [5.74, 6) is 2.20. The molecule has 0 saturated carbocycles. The van der Waals surface area contributed by atoms with E-state index < -0.39 is 0 Å². The molecule has 0 spiro atoms. The Hall–Kier alpha value is -3.00. The molecule has 8 nitrogen and oxygen atoms in total. The molecule has 30 heavy (non-hydrogen) atoms. The summed E-state index contributed by atoms with van der Waals surface area (Å²) >= 11 is 0. The van der Waals surface area contributed by atoms with Gasteiger partial charge in [0, 0.05) is 39.7 Å². The third-order valence-electron chi connectivity index (χ3n) is 4.33. The first-order chi connectivity index (χ1) is 14.5. The van der Waals surface area contributed by atoms with Gasteiger partial charge in [0.2, 0.25) is 5.91 Å². The molecule has 2 rings (SSSR count). The minimum absolute atomic E-state index is 0.0329. The van der Waals surface area contributed by atoms with Crippen molar-refractivity contribution in [1.29, 1.82) is 0 Å². The van der Waals surface area contributed by atoms with Crippen LogP contribution in [-0.4, -0.2) is 64.3 Å². The Labute approximate surface area is 178 Å². The number of aryl methyl sites for hydroxylation is 1. The lowest BCUT2D eigenvalue weighted by Crippen LogP contribution is -2.43. The SMILES string of the molecule is COCCOc1cc(C)ccc1CN=C(NCCc1ccco1)NCC(=O)N(C)C. The molecule has 2 N–H and O–H groups in total. The van der Waals surface area contributed by atoms with Gasteiger partial charge < -0.3 is 29.4 Å². The first-order valence-electron chi connectivity index (χ1n) is 9.95. The first-order valence-corrected chi connectivity index (χ1v) is 9.95. The van der Waals surface area contributed by atoms with E-state index in [4.69, 9.17) is 13.9 Å². The van der Waals surface area contributed by atoms with Crippen molar-refractivity contribution in [1.82, 2.24) is 15.5 Å². The average Bonchev–Trinajstić information content (AvgIpc) is 3.24. The van der Waals surface area contributed by atoms with Gasteiger partial charge in [-0.2, -0.15) is 0 Å². The molecule has 0 aliphatic rings. The van der Waals surface area contributed by atoms with E-state index in [0.717, 1.165) is 22.6 Å². The number of aliphatic imine (C=N–C) groups is 1. The summed E-state index contributed by atoms with van der Waals surface area (Å²) in [6.07, 6.45) is 2.37. The molecular weight excluding hydrogens is 384 g/mol. The summed E-state index contributed by atoms with van der Waals surface area (Å²) in [5, 5.41) is 6.34. The van der Waals surface area contributed by atoms with Crippen LogP contribution in [0.15, 0.2) is 46.0 Å². The van der Waals surface area contributed by atoms with E-state index in [2.05, 4.69) is 15.6 Å². The smallest absolute Gasteiger partial charge is 0.241 e. The highest BCUT2D eigenvalue weighted by Gasteiger charge is 2.08. The lowest BCUT2D eigenvalue weighted by atomic mass is 10.1. The van der Waals surface area contributed by atoms with E-state index in [0.29, 0.717) is 38.7 Å². The highest BCUT2D eigenvalue weighted by Crippen LogP contribution is 2.21. The Morgan fingerprint density at radius 3 is 2.73 bits per heavy atom. The largest absolute Gasteiger partial charge is 0.491 e. The Morgan fingerprint density at radius 2 is 2.03 bits per heavy atom. The molecule has 0 aliphatic heterocycles. The molecule has 0 bridgehead atoms. The maximum absolute atomic E-state index is 12.0. The number of nitrogens with zero attached hydrogens (tertiary/aromatic N) is 2. The van der Waals surface area contributed by atoms with Crippen molar-refractivity contribution in [2.75, 3.05) is 47.5 Å². The number of rotatable bonds is 11. The molecule has 1 aromatic heterocycles. The number of furan rings is 1. The number of hydrogen-bond donors (Lipinski definition) is 2. The van der Waals surface area contributed by atoms with Crippen molar-refractivity contribution in [3.05, 3.63) is 53.5 Å². The lowest BCUT2D eigenvalue weighted by Gasteiger charge is -2.15. The molecule has 1 heterocycles. The lowest BCUT2D eigenvalue weighted by molar-refractivity contribution is -0.127. The summed E-state index contributed by atoms with van der Waals surface area (Å²) in [6, 6.07) is 9.82. The Morgan fingerprint density at radius 1 is 1.20 bits per heavy atom. The van der Waals surface area contributed by atoms with E-state index in [1.807, 2.05) is 37.3 Å².